The van der Waals surface area contributed by atoms with Crippen LogP contribution < -0.4 is 9.64 Å². The highest BCUT2D eigenvalue weighted by Crippen LogP contribution is 2.31. The molecule has 1 aliphatic heterocycles. The highest BCUT2D eigenvalue weighted by molar-refractivity contribution is 6.24. The summed E-state index contributed by atoms with van der Waals surface area (Å²) >= 11 is 0. The van der Waals surface area contributed by atoms with Gasteiger partial charge in [-0.1, -0.05) is 12.1 Å². The average molecular weight is 308 g/mol. The number of amides is 1. The van der Waals surface area contributed by atoms with Crippen LogP contribution >= 0.6 is 0 Å². The van der Waals surface area contributed by atoms with Gasteiger partial charge in [0.1, 0.15) is 11.8 Å². The molecule has 1 atom stereocenters. The van der Waals surface area contributed by atoms with Crippen LogP contribution in [0, 0.1) is 0 Å². The van der Waals surface area contributed by atoms with Crippen LogP contribution in [0.1, 0.15) is 17.3 Å². The number of aliphatic imine (C=N–C) groups is 1. The fraction of sp³-hybridized carbons (Fsp3) is 0.167. The molecule has 0 aliphatic carbocycles. The lowest BCUT2D eigenvalue weighted by Gasteiger charge is -2.19. The third kappa shape index (κ3) is 2.73. The molecule has 1 heterocycles. The van der Waals surface area contributed by atoms with Crippen LogP contribution in [0.5, 0.6) is 5.75 Å². The summed E-state index contributed by atoms with van der Waals surface area (Å²) in [5, 5.41) is 0. The molecule has 5 nitrogen and oxygen atoms in total. The minimum Gasteiger partial charge on any atom is -0.497 e. The van der Waals surface area contributed by atoms with E-state index in [1.54, 1.807) is 49.6 Å². The van der Waals surface area contributed by atoms with Crippen LogP contribution in [0.15, 0.2) is 53.5 Å². The number of nitrogens with zero attached hydrogens (tertiary/aromatic N) is 2. The quantitative estimate of drug-likeness (QED) is 0.819. The van der Waals surface area contributed by atoms with Crippen molar-refractivity contribution in [2.24, 2.45) is 4.99 Å². The number of hydrogen-bond donors (Lipinski definition) is 0. The van der Waals surface area contributed by atoms with Crippen molar-refractivity contribution in [3.63, 3.8) is 0 Å². The van der Waals surface area contributed by atoms with Crippen LogP contribution in [0.4, 0.5) is 11.4 Å². The third-order valence-corrected chi connectivity index (χ3v) is 3.75. The lowest BCUT2D eigenvalue weighted by Crippen LogP contribution is -2.39. The molecule has 2 aromatic carbocycles. The molecule has 0 bridgehead atoms. The maximum Gasteiger partial charge on any atom is 0.224 e. The summed E-state index contributed by atoms with van der Waals surface area (Å²) in [6.45, 7) is 1.45. The number of rotatable bonds is 3. The van der Waals surface area contributed by atoms with Gasteiger partial charge in [0, 0.05) is 18.7 Å². The van der Waals surface area contributed by atoms with Crippen molar-refractivity contribution >= 4 is 29.3 Å². The molecule has 1 unspecified atom stereocenters. The summed E-state index contributed by atoms with van der Waals surface area (Å²) < 4.78 is 5.10. The molecule has 0 aromatic heterocycles. The van der Waals surface area contributed by atoms with Gasteiger partial charge in [-0.3, -0.25) is 19.5 Å². The summed E-state index contributed by atoms with van der Waals surface area (Å²) in [7, 11) is 1.59. The molecule has 23 heavy (non-hydrogen) atoms. The molecule has 1 aliphatic rings. The molecule has 0 saturated carbocycles. The lowest BCUT2D eigenvalue weighted by molar-refractivity contribution is -0.116. The zero-order valence-corrected chi connectivity index (χ0v) is 12.9. The number of ketones is 1. The highest BCUT2D eigenvalue weighted by atomic mass is 16.5. The molecule has 116 valence electrons. The van der Waals surface area contributed by atoms with Gasteiger partial charge in [-0.15, -0.1) is 0 Å². The van der Waals surface area contributed by atoms with Crippen LogP contribution in [-0.2, 0) is 4.79 Å². The van der Waals surface area contributed by atoms with Crippen molar-refractivity contribution in [1.29, 1.82) is 0 Å². The predicted octanol–water partition coefficient (Wildman–Crippen LogP) is 3.02. The molecular formula is C18H16N2O3. The number of Topliss-reactive ketones (excluding diaryl/α,β-unsaturated/α-hetero) is 1. The lowest BCUT2D eigenvalue weighted by atomic mass is 10.1. The van der Waals surface area contributed by atoms with Gasteiger partial charge in [0.2, 0.25) is 5.91 Å². The maximum atomic E-state index is 12.5. The average Bonchev–Trinajstić information content (AvgIpc) is 2.86. The maximum absolute atomic E-state index is 12.5. The van der Waals surface area contributed by atoms with Crippen LogP contribution in [-0.4, -0.2) is 31.1 Å². The Morgan fingerprint density at radius 1 is 1.17 bits per heavy atom. The van der Waals surface area contributed by atoms with Gasteiger partial charge in [-0.2, -0.15) is 0 Å². The predicted molar refractivity (Wildman–Crippen MR) is 88.9 cm³/mol. The Hall–Kier alpha value is -2.95. The van der Waals surface area contributed by atoms with E-state index in [9.17, 15) is 9.59 Å². The van der Waals surface area contributed by atoms with Crippen molar-refractivity contribution in [1.82, 2.24) is 0 Å². The number of methoxy groups -OCH3 is 1. The molecule has 0 N–H and O–H groups in total. The standard InChI is InChI=1S/C18H16N2O3/c1-12(21)20-16-6-4-3-5-15(16)18(22)17(20)11-19-13-7-9-14(23-2)10-8-13/h3-11,17H,1-2H3. The molecule has 0 radical (unpaired) electrons. The van der Waals surface area contributed by atoms with Gasteiger partial charge in [0.25, 0.3) is 0 Å². The number of carbonyl (C=O) groups is 2. The van der Waals surface area contributed by atoms with Crippen LogP contribution in [0.3, 0.4) is 0 Å². The van der Waals surface area contributed by atoms with E-state index < -0.39 is 6.04 Å². The molecular weight excluding hydrogens is 292 g/mol. The fourth-order valence-corrected chi connectivity index (χ4v) is 2.64. The Kier molecular flexibility index (Phi) is 3.93. The summed E-state index contributed by atoms with van der Waals surface area (Å²) in [5.74, 6) is 0.432. The Morgan fingerprint density at radius 2 is 1.87 bits per heavy atom. The van der Waals surface area contributed by atoms with Gasteiger partial charge in [0.15, 0.2) is 5.78 Å². The minimum atomic E-state index is -0.702. The topological polar surface area (TPSA) is 59.0 Å². The number of benzene rings is 2. The summed E-state index contributed by atoms with van der Waals surface area (Å²) in [4.78, 5) is 30.3. The Bertz CT molecular complexity index is 781. The second-order valence-corrected chi connectivity index (χ2v) is 5.19. The van der Waals surface area contributed by atoms with Gasteiger partial charge in [0.05, 0.1) is 18.5 Å². The largest absolute Gasteiger partial charge is 0.497 e. The van der Waals surface area contributed by atoms with Crippen LogP contribution in [0.25, 0.3) is 0 Å². The first-order valence-electron chi connectivity index (χ1n) is 7.23. The van der Waals surface area contributed by atoms with E-state index in [4.69, 9.17) is 4.74 Å². The molecule has 0 spiro atoms. The Labute approximate surface area is 134 Å². The van der Waals surface area contributed by atoms with Crippen molar-refractivity contribution in [3.05, 3.63) is 54.1 Å². The van der Waals surface area contributed by atoms with Gasteiger partial charge in [-0.05, 0) is 36.4 Å². The van der Waals surface area contributed by atoms with E-state index >= 15 is 0 Å². The minimum absolute atomic E-state index is 0.118. The van der Waals surface area contributed by atoms with E-state index in [0.29, 0.717) is 16.9 Å². The SMILES string of the molecule is COc1ccc(N=CC2C(=O)c3ccccc3N2C(C)=O)cc1. The van der Waals surface area contributed by atoms with Gasteiger partial charge < -0.3 is 4.74 Å². The number of para-hydroxylation sites is 1. The summed E-state index contributed by atoms with van der Waals surface area (Å²) in [5.41, 5.74) is 1.88. The fourth-order valence-electron chi connectivity index (χ4n) is 2.64. The molecule has 0 saturated heterocycles. The van der Waals surface area contributed by atoms with E-state index in [1.807, 2.05) is 6.07 Å². The van der Waals surface area contributed by atoms with Crippen molar-refractivity contribution in [2.45, 2.75) is 13.0 Å². The molecule has 0 fully saturated rings. The van der Waals surface area contributed by atoms with Crippen LogP contribution in [0.2, 0.25) is 0 Å². The zero-order valence-electron chi connectivity index (χ0n) is 12.9. The zero-order chi connectivity index (χ0) is 16.4. The number of fused-ring (bicyclic) bond motifs is 1. The van der Waals surface area contributed by atoms with E-state index in [1.165, 1.54) is 18.0 Å². The van der Waals surface area contributed by atoms with Gasteiger partial charge in [-0.25, -0.2) is 0 Å². The van der Waals surface area contributed by atoms with Gasteiger partial charge >= 0.3 is 0 Å². The van der Waals surface area contributed by atoms with E-state index in [-0.39, 0.29) is 11.7 Å². The Morgan fingerprint density at radius 3 is 2.52 bits per heavy atom. The number of ether oxygens (including phenoxy) is 1. The smallest absolute Gasteiger partial charge is 0.224 e. The van der Waals surface area contributed by atoms with Crippen molar-refractivity contribution < 1.29 is 14.3 Å². The monoisotopic (exact) mass is 308 g/mol. The second-order valence-electron chi connectivity index (χ2n) is 5.19. The first-order chi connectivity index (χ1) is 11.1. The molecule has 1 amide bonds. The van der Waals surface area contributed by atoms with Crippen molar-refractivity contribution in [3.8, 4) is 5.75 Å². The number of carbonyl (C=O) groups excluding carboxylic acids is 2. The van der Waals surface area contributed by atoms with E-state index in [2.05, 4.69) is 4.99 Å². The summed E-state index contributed by atoms with van der Waals surface area (Å²) in [6.07, 6.45) is 1.52. The van der Waals surface area contributed by atoms with Crippen molar-refractivity contribution in [2.75, 3.05) is 12.0 Å². The molecule has 3 rings (SSSR count). The first-order valence-corrected chi connectivity index (χ1v) is 7.23. The molecule has 2 aromatic rings. The molecule has 5 heteroatoms. The Balaban J connectivity index is 1.91. The normalized spacial score (nSPS) is 16.7. The van der Waals surface area contributed by atoms with E-state index in [0.717, 1.165) is 5.75 Å². The first kappa shape index (κ1) is 15.0. The highest BCUT2D eigenvalue weighted by Gasteiger charge is 2.38. The second kappa shape index (κ2) is 6.04. The third-order valence-electron chi connectivity index (χ3n) is 3.75. The summed E-state index contributed by atoms with van der Waals surface area (Å²) in [6, 6.07) is 13.6. The number of hydrogen-bond acceptors (Lipinski definition) is 4. The number of anilines is 1.